The number of hydrogen-bond donors (Lipinski definition) is 1. The number of rotatable bonds is 5. The van der Waals surface area contributed by atoms with Crippen LogP contribution in [0.25, 0.3) is 0 Å². The van der Waals surface area contributed by atoms with Crippen LogP contribution in [0.5, 0.6) is 0 Å². The van der Waals surface area contributed by atoms with Crippen molar-refractivity contribution < 1.29 is 0 Å². The van der Waals surface area contributed by atoms with Gasteiger partial charge in [-0.25, -0.2) is 0 Å². The largest absolute Gasteiger partial charge is 0.308 e. The molecule has 0 unspecified atom stereocenters. The lowest BCUT2D eigenvalue weighted by atomic mass is 10.3. The molecule has 2 nitrogen and oxygen atoms in total. The Hall–Kier alpha value is -0.540. The Balaban J connectivity index is 2.31. The summed E-state index contributed by atoms with van der Waals surface area (Å²) in [4.78, 5) is 4.48. The van der Waals surface area contributed by atoms with Crippen molar-refractivity contribution in [1.82, 2.24) is 10.3 Å². The van der Waals surface area contributed by atoms with Gasteiger partial charge >= 0.3 is 0 Å². The van der Waals surface area contributed by atoms with E-state index in [0.29, 0.717) is 10.8 Å². The highest BCUT2D eigenvalue weighted by Crippen LogP contribution is 2.23. The fraction of sp³-hybridized carbons (Fsp3) is 0.643. The summed E-state index contributed by atoms with van der Waals surface area (Å²) in [6, 6.07) is 6.68. The zero-order valence-corrected chi connectivity index (χ0v) is 12.4. The molecule has 0 fully saturated rings. The quantitative estimate of drug-likeness (QED) is 0.869. The van der Waals surface area contributed by atoms with Crippen LogP contribution in [-0.2, 0) is 6.54 Å². The minimum Gasteiger partial charge on any atom is -0.308 e. The molecule has 96 valence electrons. The number of thioether (sulfide) groups is 1. The number of hydrogen-bond acceptors (Lipinski definition) is 3. The van der Waals surface area contributed by atoms with Gasteiger partial charge in [0.25, 0.3) is 0 Å². The first-order valence-electron chi connectivity index (χ1n) is 6.17. The first-order valence-corrected chi connectivity index (χ1v) is 7.15. The van der Waals surface area contributed by atoms with Crippen molar-refractivity contribution >= 4 is 11.8 Å². The summed E-state index contributed by atoms with van der Waals surface area (Å²) < 4.78 is 0.345. The maximum atomic E-state index is 4.48. The van der Waals surface area contributed by atoms with Gasteiger partial charge in [0.1, 0.15) is 0 Å². The van der Waals surface area contributed by atoms with Crippen molar-refractivity contribution in [3.63, 3.8) is 0 Å². The maximum absolute atomic E-state index is 4.48. The highest BCUT2D eigenvalue weighted by Gasteiger charge is 2.12. The topological polar surface area (TPSA) is 24.9 Å². The van der Waals surface area contributed by atoms with E-state index in [1.165, 1.54) is 0 Å². The van der Waals surface area contributed by atoms with E-state index in [4.69, 9.17) is 0 Å². The van der Waals surface area contributed by atoms with Crippen molar-refractivity contribution in [1.29, 1.82) is 0 Å². The molecule has 17 heavy (non-hydrogen) atoms. The molecule has 0 aliphatic heterocycles. The second-order valence-corrected chi connectivity index (χ2v) is 7.32. The van der Waals surface area contributed by atoms with Gasteiger partial charge in [0.2, 0.25) is 0 Å². The van der Waals surface area contributed by atoms with E-state index in [9.17, 15) is 0 Å². The zero-order chi connectivity index (χ0) is 12.9. The van der Waals surface area contributed by atoms with E-state index in [1.807, 2.05) is 24.8 Å². The van der Waals surface area contributed by atoms with Gasteiger partial charge in [0.15, 0.2) is 0 Å². The zero-order valence-electron chi connectivity index (χ0n) is 11.6. The number of aromatic nitrogens is 1. The molecule has 1 N–H and O–H groups in total. The fourth-order valence-electron chi connectivity index (χ4n) is 1.41. The Bertz CT molecular complexity index is 344. The molecule has 0 aliphatic rings. The maximum Gasteiger partial charge on any atom is 0.0544 e. The second-order valence-electron chi connectivity index (χ2n) is 5.48. The first-order chi connectivity index (χ1) is 7.87. The van der Waals surface area contributed by atoms with Crippen LogP contribution < -0.4 is 5.32 Å². The lowest BCUT2D eigenvalue weighted by Gasteiger charge is -2.21. The summed E-state index contributed by atoms with van der Waals surface area (Å²) in [5, 5.41) is 3.52. The molecule has 1 aromatic heterocycles. The van der Waals surface area contributed by atoms with Crippen LogP contribution in [0.1, 0.15) is 39.1 Å². The predicted octanol–water partition coefficient (Wildman–Crippen LogP) is 3.40. The van der Waals surface area contributed by atoms with Gasteiger partial charge < -0.3 is 5.32 Å². The number of nitrogens with zero attached hydrogens (tertiary/aromatic N) is 1. The fourth-order valence-corrected chi connectivity index (χ4v) is 2.28. The lowest BCUT2D eigenvalue weighted by Crippen LogP contribution is -2.29. The molecule has 0 bridgehead atoms. The summed E-state index contributed by atoms with van der Waals surface area (Å²) in [5.74, 6) is 1.13. The average Bonchev–Trinajstić information content (AvgIpc) is 2.23. The third-order valence-electron chi connectivity index (χ3n) is 2.34. The van der Waals surface area contributed by atoms with Crippen molar-refractivity contribution in [3.05, 3.63) is 29.6 Å². The van der Waals surface area contributed by atoms with Gasteiger partial charge in [-0.2, -0.15) is 11.8 Å². The van der Waals surface area contributed by atoms with Crippen molar-refractivity contribution in [2.24, 2.45) is 0 Å². The van der Waals surface area contributed by atoms with Crippen molar-refractivity contribution in [2.45, 2.75) is 52.0 Å². The molecule has 0 amide bonds. The van der Waals surface area contributed by atoms with Crippen LogP contribution in [0.4, 0.5) is 0 Å². The SMILES string of the molecule is Cc1cccc(CN[C@H](C)CSC(C)(C)C)n1. The van der Waals surface area contributed by atoms with Gasteiger partial charge in [0.05, 0.1) is 5.69 Å². The molecule has 0 saturated heterocycles. The van der Waals surface area contributed by atoms with Crippen LogP contribution >= 0.6 is 11.8 Å². The standard InChI is InChI=1S/C14H24N2S/c1-11-7-6-8-13(16-11)9-15-12(2)10-17-14(3,4)5/h6-8,12,15H,9-10H2,1-5H3/t12-/m1/s1. The van der Waals surface area contributed by atoms with Gasteiger partial charge in [-0.3, -0.25) is 4.98 Å². The van der Waals surface area contributed by atoms with Crippen LogP contribution in [-0.4, -0.2) is 21.5 Å². The van der Waals surface area contributed by atoms with Gasteiger partial charge in [-0.05, 0) is 26.0 Å². The molecule has 0 saturated carbocycles. The Morgan fingerprint density at radius 3 is 2.65 bits per heavy atom. The Labute approximate surface area is 110 Å². The molecule has 0 spiro atoms. The molecule has 1 aromatic rings. The molecule has 1 rings (SSSR count). The predicted molar refractivity (Wildman–Crippen MR) is 77.5 cm³/mol. The number of pyridine rings is 1. The van der Waals surface area contributed by atoms with E-state index >= 15 is 0 Å². The van der Waals surface area contributed by atoms with Crippen LogP contribution in [0, 0.1) is 6.92 Å². The van der Waals surface area contributed by atoms with Crippen LogP contribution in [0.3, 0.4) is 0 Å². The molecule has 3 heteroatoms. The van der Waals surface area contributed by atoms with E-state index in [1.54, 1.807) is 0 Å². The molecule has 0 radical (unpaired) electrons. The van der Waals surface area contributed by atoms with E-state index in [2.05, 4.69) is 50.1 Å². The van der Waals surface area contributed by atoms with Crippen LogP contribution in [0.15, 0.2) is 18.2 Å². The van der Waals surface area contributed by atoms with Crippen molar-refractivity contribution in [2.75, 3.05) is 5.75 Å². The summed E-state index contributed by atoms with van der Waals surface area (Å²) in [7, 11) is 0. The smallest absolute Gasteiger partial charge is 0.0544 e. The Morgan fingerprint density at radius 1 is 1.35 bits per heavy atom. The van der Waals surface area contributed by atoms with Gasteiger partial charge in [-0.1, -0.05) is 26.8 Å². The van der Waals surface area contributed by atoms with Crippen LogP contribution in [0.2, 0.25) is 0 Å². The highest BCUT2D eigenvalue weighted by atomic mass is 32.2. The number of nitrogens with one attached hydrogen (secondary N) is 1. The summed E-state index contributed by atoms with van der Waals surface area (Å²) >= 11 is 2.00. The van der Waals surface area contributed by atoms with E-state index < -0.39 is 0 Å². The molecular formula is C14H24N2S. The average molecular weight is 252 g/mol. The van der Waals surface area contributed by atoms with Gasteiger partial charge in [0, 0.05) is 28.8 Å². The lowest BCUT2D eigenvalue weighted by molar-refractivity contribution is 0.585. The third-order valence-corrected chi connectivity index (χ3v) is 3.88. The summed E-state index contributed by atoms with van der Waals surface area (Å²) in [6.07, 6.45) is 0. The molecule has 1 atom stereocenters. The number of aryl methyl sites for hydroxylation is 1. The molecule has 0 aliphatic carbocycles. The summed E-state index contributed by atoms with van der Waals surface area (Å²) in [6.45, 7) is 11.9. The van der Waals surface area contributed by atoms with Crippen molar-refractivity contribution in [3.8, 4) is 0 Å². The monoisotopic (exact) mass is 252 g/mol. The highest BCUT2D eigenvalue weighted by molar-refractivity contribution is 8.00. The molecule has 1 heterocycles. The minimum absolute atomic E-state index is 0.345. The molecular weight excluding hydrogens is 228 g/mol. The van der Waals surface area contributed by atoms with E-state index in [-0.39, 0.29) is 0 Å². The molecule has 0 aromatic carbocycles. The normalized spacial score (nSPS) is 13.7. The Morgan fingerprint density at radius 2 is 2.06 bits per heavy atom. The second kappa shape index (κ2) is 6.41. The minimum atomic E-state index is 0.345. The third kappa shape index (κ3) is 6.69. The van der Waals surface area contributed by atoms with Gasteiger partial charge in [-0.15, -0.1) is 0 Å². The Kier molecular flexibility index (Phi) is 5.47. The summed E-state index contributed by atoms with van der Waals surface area (Å²) in [5.41, 5.74) is 2.21. The first kappa shape index (κ1) is 14.5. The van der Waals surface area contributed by atoms with E-state index in [0.717, 1.165) is 23.7 Å².